The minimum atomic E-state index is -0.140. The molecule has 0 aliphatic rings. The zero-order valence-corrected chi connectivity index (χ0v) is 12.6. The van der Waals surface area contributed by atoms with Crippen molar-refractivity contribution >= 4 is 0 Å². The predicted molar refractivity (Wildman–Crippen MR) is 83.4 cm³/mol. The van der Waals surface area contributed by atoms with E-state index in [-0.39, 0.29) is 11.9 Å². The van der Waals surface area contributed by atoms with Crippen LogP contribution in [0.15, 0.2) is 48.7 Å². The van der Waals surface area contributed by atoms with Gasteiger partial charge in [0.15, 0.2) is 0 Å². The minimum Gasteiger partial charge on any atom is -0.310 e. The number of hydrogen-bond donors (Lipinski definition) is 1. The van der Waals surface area contributed by atoms with Gasteiger partial charge in [-0.3, -0.25) is 9.88 Å². The highest BCUT2D eigenvalue weighted by molar-refractivity contribution is 5.20. The number of hydrogen-bond acceptors (Lipinski definition) is 3. The Morgan fingerprint density at radius 3 is 2.67 bits per heavy atom. The second-order valence-corrected chi connectivity index (χ2v) is 5.18. The van der Waals surface area contributed by atoms with Crippen LogP contribution in [-0.4, -0.2) is 30.0 Å². The van der Waals surface area contributed by atoms with Crippen LogP contribution < -0.4 is 5.32 Å². The monoisotopic (exact) mass is 287 g/mol. The van der Waals surface area contributed by atoms with Crippen LogP contribution in [0.25, 0.3) is 0 Å². The summed E-state index contributed by atoms with van der Waals surface area (Å²) < 4.78 is 13.8. The van der Waals surface area contributed by atoms with Crippen LogP contribution in [0.3, 0.4) is 0 Å². The third kappa shape index (κ3) is 4.62. The van der Waals surface area contributed by atoms with Crippen molar-refractivity contribution in [3.63, 3.8) is 0 Å². The fourth-order valence-corrected chi connectivity index (χ4v) is 2.22. The Hall–Kier alpha value is -1.78. The van der Waals surface area contributed by atoms with Crippen LogP contribution in [-0.2, 0) is 6.54 Å². The first kappa shape index (κ1) is 15.6. The quantitative estimate of drug-likeness (QED) is 0.794. The summed E-state index contributed by atoms with van der Waals surface area (Å²) in [7, 11) is 2.01. The van der Waals surface area contributed by atoms with E-state index in [1.807, 2.05) is 44.3 Å². The summed E-state index contributed by atoms with van der Waals surface area (Å²) >= 11 is 0. The van der Waals surface area contributed by atoms with Gasteiger partial charge in [0.2, 0.25) is 0 Å². The van der Waals surface area contributed by atoms with E-state index < -0.39 is 0 Å². The first-order valence-corrected chi connectivity index (χ1v) is 7.24. The van der Waals surface area contributed by atoms with Gasteiger partial charge in [-0.05, 0) is 32.2 Å². The highest BCUT2D eigenvalue weighted by atomic mass is 19.1. The maximum atomic E-state index is 13.8. The molecule has 112 valence electrons. The van der Waals surface area contributed by atoms with Gasteiger partial charge in [0.05, 0.1) is 5.69 Å². The van der Waals surface area contributed by atoms with Crippen molar-refractivity contribution in [1.82, 2.24) is 15.2 Å². The predicted octanol–water partition coefficient (Wildman–Crippen LogP) is 3.00. The Balaban J connectivity index is 1.77. The molecule has 0 saturated carbocycles. The molecule has 0 spiro atoms. The van der Waals surface area contributed by atoms with Crippen LogP contribution >= 0.6 is 0 Å². The lowest BCUT2D eigenvalue weighted by atomic mass is 10.1. The smallest absolute Gasteiger partial charge is 0.127 e. The van der Waals surface area contributed by atoms with E-state index in [4.69, 9.17) is 0 Å². The average Bonchev–Trinajstić information content (AvgIpc) is 2.52. The molecule has 3 nitrogen and oxygen atoms in total. The molecular weight excluding hydrogens is 265 g/mol. The lowest BCUT2D eigenvalue weighted by Gasteiger charge is -2.25. The van der Waals surface area contributed by atoms with Crippen molar-refractivity contribution in [2.75, 3.05) is 20.1 Å². The van der Waals surface area contributed by atoms with Crippen molar-refractivity contribution in [3.8, 4) is 0 Å². The molecule has 2 aromatic rings. The van der Waals surface area contributed by atoms with Gasteiger partial charge in [0.1, 0.15) is 5.82 Å². The lowest BCUT2D eigenvalue weighted by molar-refractivity contribution is 0.255. The summed E-state index contributed by atoms with van der Waals surface area (Å²) in [6.07, 6.45) is 1.80. The molecule has 0 aliphatic carbocycles. The number of nitrogens with one attached hydrogen (secondary N) is 1. The van der Waals surface area contributed by atoms with Gasteiger partial charge >= 0.3 is 0 Å². The summed E-state index contributed by atoms with van der Waals surface area (Å²) in [6, 6.07) is 12.9. The number of aromatic nitrogens is 1. The molecule has 1 N–H and O–H groups in total. The summed E-state index contributed by atoms with van der Waals surface area (Å²) in [6.45, 7) is 4.47. The van der Waals surface area contributed by atoms with Gasteiger partial charge < -0.3 is 5.32 Å². The zero-order chi connectivity index (χ0) is 15.1. The molecule has 0 amide bonds. The van der Waals surface area contributed by atoms with Gasteiger partial charge in [0.25, 0.3) is 0 Å². The summed E-state index contributed by atoms with van der Waals surface area (Å²) in [4.78, 5) is 6.41. The molecule has 1 aromatic carbocycles. The largest absolute Gasteiger partial charge is 0.310 e. The van der Waals surface area contributed by atoms with Crippen molar-refractivity contribution in [2.45, 2.75) is 19.5 Å². The molecule has 1 unspecified atom stereocenters. The van der Waals surface area contributed by atoms with E-state index in [9.17, 15) is 4.39 Å². The molecule has 2 rings (SSSR count). The second-order valence-electron chi connectivity index (χ2n) is 5.18. The number of likely N-dealkylation sites (N-methyl/N-ethyl adjacent to an activating group) is 1. The molecule has 1 atom stereocenters. The third-order valence-corrected chi connectivity index (χ3v) is 3.69. The van der Waals surface area contributed by atoms with E-state index in [0.717, 1.165) is 30.9 Å². The maximum Gasteiger partial charge on any atom is 0.127 e. The van der Waals surface area contributed by atoms with E-state index >= 15 is 0 Å². The fourth-order valence-electron chi connectivity index (χ4n) is 2.22. The molecular formula is C17H22FN3. The highest BCUT2D eigenvalue weighted by Gasteiger charge is 2.14. The zero-order valence-electron chi connectivity index (χ0n) is 12.6. The Kier molecular flexibility index (Phi) is 5.84. The Labute approximate surface area is 125 Å². The molecule has 0 fully saturated rings. The standard InChI is InChI=1S/C17H22FN3/c1-14(16-8-3-4-9-17(16)18)21(2)12-11-19-13-15-7-5-6-10-20-15/h3-10,14,19H,11-13H2,1-2H3. The Bertz CT molecular complexity index is 545. The Morgan fingerprint density at radius 1 is 1.19 bits per heavy atom. The third-order valence-electron chi connectivity index (χ3n) is 3.69. The van der Waals surface area contributed by atoms with Gasteiger partial charge in [-0.25, -0.2) is 4.39 Å². The normalized spacial score (nSPS) is 12.6. The van der Waals surface area contributed by atoms with Crippen LogP contribution in [0.5, 0.6) is 0 Å². The van der Waals surface area contributed by atoms with Gasteiger partial charge in [-0.2, -0.15) is 0 Å². The molecule has 0 aliphatic heterocycles. The fraction of sp³-hybridized carbons (Fsp3) is 0.353. The lowest BCUT2D eigenvalue weighted by Crippen LogP contribution is -2.31. The molecule has 1 aromatic heterocycles. The summed E-state index contributed by atoms with van der Waals surface area (Å²) in [5.41, 5.74) is 1.77. The van der Waals surface area contributed by atoms with Crippen molar-refractivity contribution in [3.05, 3.63) is 65.7 Å². The first-order chi connectivity index (χ1) is 10.2. The van der Waals surface area contributed by atoms with Crippen molar-refractivity contribution in [1.29, 1.82) is 0 Å². The highest BCUT2D eigenvalue weighted by Crippen LogP contribution is 2.20. The topological polar surface area (TPSA) is 28.2 Å². The number of halogens is 1. The number of nitrogens with zero attached hydrogens (tertiary/aromatic N) is 2. The summed E-state index contributed by atoms with van der Waals surface area (Å²) in [5.74, 6) is -0.140. The SMILES string of the molecule is CC(c1ccccc1F)N(C)CCNCc1ccccn1. The van der Waals surface area contributed by atoms with E-state index in [0.29, 0.717) is 0 Å². The van der Waals surface area contributed by atoms with Crippen LogP contribution in [0.1, 0.15) is 24.2 Å². The van der Waals surface area contributed by atoms with E-state index in [1.54, 1.807) is 12.3 Å². The summed E-state index contributed by atoms with van der Waals surface area (Å²) in [5, 5.41) is 3.36. The van der Waals surface area contributed by atoms with Crippen LogP contribution in [0.2, 0.25) is 0 Å². The maximum absolute atomic E-state index is 13.8. The Morgan fingerprint density at radius 2 is 1.95 bits per heavy atom. The average molecular weight is 287 g/mol. The molecule has 0 radical (unpaired) electrons. The number of benzene rings is 1. The molecule has 0 bridgehead atoms. The van der Waals surface area contributed by atoms with E-state index in [2.05, 4.69) is 15.2 Å². The van der Waals surface area contributed by atoms with Gasteiger partial charge in [-0.1, -0.05) is 24.3 Å². The molecule has 21 heavy (non-hydrogen) atoms. The van der Waals surface area contributed by atoms with Crippen LogP contribution in [0, 0.1) is 5.82 Å². The molecule has 1 heterocycles. The van der Waals surface area contributed by atoms with Crippen LogP contribution in [0.4, 0.5) is 4.39 Å². The van der Waals surface area contributed by atoms with Gasteiger partial charge in [-0.15, -0.1) is 0 Å². The van der Waals surface area contributed by atoms with Gasteiger partial charge in [0, 0.05) is 37.4 Å². The van der Waals surface area contributed by atoms with Crippen molar-refractivity contribution < 1.29 is 4.39 Å². The first-order valence-electron chi connectivity index (χ1n) is 7.24. The molecule has 0 saturated heterocycles. The number of pyridine rings is 1. The second kappa shape index (κ2) is 7.86. The molecule has 4 heteroatoms. The van der Waals surface area contributed by atoms with Crippen molar-refractivity contribution in [2.24, 2.45) is 0 Å². The minimum absolute atomic E-state index is 0.0582. The number of rotatable bonds is 7. The van der Waals surface area contributed by atoms with E-state index in [1.165, 1.54) is 6.07 Å².